The van der Waals surface area contributed by atoms with E-state index in [2.05, 4.69) is 10.3 Å². The van der Waals surface area contributed by atoms with Gasteiger partial charge in [-0.1, -0.05) is 46.9 Å². The van der Waals surface area contributed by atoms with Gasteiger partial charge in [0.25, 0.3) is 5.91 Å². The molecule has 0 fully saturated rings. The first-order valence-electron chi connectivity index (χ1n) is 6.51. The molecule has 3 aromatic rings. The highest BCUT2D eigenvalue weighted by Gasteiger charge is 2.13. The fourth-order valence-electron chi connectivity index (χ4n) is 1.96. The van der Waals surface area contributed by atoms with Crippen LogP contribution in [0, 0.1) is 0 Å². The Kier molecular flexibility index (Phi) is 4.87. The van der Waals surface area contributed by atoms with Crippen LogP contribution in [0.15, 0.2) is 47.8 Å². The van der Waals surface area contributed by atoms with Crippen molar-refractivity contribution in [1.82, 2.24) is 4.98 Å². The molecule has 1 N–H and O–H groups in total. The van der Waals surface area contributed by atoms with Crippen LogP contribution in [-0.2, 0) is 0 Å². The number of halogens is 3. The summed E-state index contributed by atoms with van der Waals surface area (Å²) in [4.78, 5) is 16.6. The van der Waals surface area contributed by atoms with E-state index in [1.54, 1.807) is 42.5 Å². The highest BCUT2D eigenvalue weighted by molar-refractivity contribution is 7.14. The van der Waals surface area contributed by atoms with Crippen LogP contribution in [0.4, 0.5) is 5.13 Å². The Morgan fingerprint density at radius 1 is 1.04 bits per heavy atom. The van der Waals surface area contributed by atoms with Crippen molar-refractivity contribution in [3.05, 3.63) is 68.5 Å². The van der Waals surface area contributed by atoms with Gasteiger partial charge in [0.05, 0.1) is 21.3 Å². The third-order valence-electron chi connectivity index (χ3n) is 3.05. The lowest BCUT2D eigenvalue weighted by Crippen LogP contribution is -2.12. The standard InChI is InChI=1S/C16H9Cl3N2OS/c17-9-5-6-10(13(19)7-9)14-8-23-16(20-14)21-15(22)11-3-1-2-4-12(11)18/h1-8H,(H,20,21,22). The molecule has 0 radical (unpaired) electrons. The lowest BCUT2D eigenvalue weighted by Gasteiger charge is -2.03. The van der Waals surface area contributed by atoms with Crippen LogP contribution in [0.25, 0.3) is 11.3 Å². The number of rotatable bonds is 3. The number of benzene rings is 2. The van der Waals surface area contributed by atoms with Crippen molar-refractivity contribution in [2.75, 3.05) is 5.32 Å². The second-order valence-corrected chi connectivity index (χ2v) is 6.70. The van der Waals surface area contributed by atoms with Gasteiger partial charge in [-0.3, -0.25) is 10.1 Å². The average Bonchev–Trinajstić information content (AvgIpc) is 2.95. The molecule has 3 rings (SSSR count). The van der Waals surface area contributed by atoms with Crippen LogP contribution in [-0.4, -0.2) is 10.9 Å². The van der Waals surface area contributed by atoms with Crippen molar-refractivity contribution >= 4 is 57.2 Å². The summed E-state index contributed by atoms with van der Waals surface area (Å²) in [6.45, 7) is 0. The average molecular weight is 384 g/mol. The molecule has 1 aromatic heterocycles. The van der Waals surface area contributed by atoms with E-state index in [-0.39, 0.29) is 5.91 Å². The molecule has 0 bridgehead atoms. The van der Waals surface area contributed by atoms with E-state index < -0.39 is 0 Å². The van der Waals surface area contributed by atoms with Gasteiger partial charge in [-0.05, 0) is 30.3 Å². The van der Waals surface area contributed by atoms with Gasteiger partial charge in [-0.25, -0.2) is 4.98 Å². The smallest absolute Gasteiger partial charge is 0.258 e. The first-order chi connectivity index (χ1) is 11.0. The molecule has 7 heteroatoms. The third-order valence-corrected chi connectivity index (χ3v) is 4.69. The Morgan fingerprint density at radius 3 is 2.57 bits per heavy atom. The Balaban J connectivity index is 1.82. The molecule has 0 unspecified atom stereocenters. The Morgan fingerprint density at radius 2 is 1.83 bits per heavy atom. The van der Waals surface area contributed by atoms with Crippen molar-refractivity contribution in [3.63, 3.8) is 0 Å². The number of anilines is 1. The van der Waals surface area contributed by atoms with E-state index in [1.807, 2.05) is 5.38 Å². The molecule has 0 saturated carbocycles. The number of hydrogen-bond acceptors (Lipinski definition) is 3. The highest BCUT2D eigenvalue weighted by atomic mass is 35.5. The predicted molar refractivity (Wildman–Crippen MR) is 97.0 cm³/mol. The summed E-state index contributed by atoms with van der Waals surface area (Å²) < 4.78 is 0. The molecule has 3 nitrogen and oxygen atoms in total. The van der Waals surface area contributed by atoms with Crippen LogP contribution in [0.5, 0.6) is 0 Å². The first kappa shape index (κ1) is 16.3. The Bertz CT molecular complexity index is 879. The van der Waals surface area contributed by atoms with E-state index >= 15 is 0 Å². The molecule has 0 aliphatic heterocycles. The number of nitrogens with one attached hydrogen (secondary N) is 1. The maximum Gasteiger partial charge on any atom is 0.258 e. The fraction of sp³-hybridized carbons (Fsp3) is 0. The van der Waals surface area contributed by atoms with Crippen LogP contribution in [0.3, 0.4) is 0 Å². The maximum atomic E-state index is 12.2. The highest BCUT2D eigenvalue weighted by Crippen LogP contribution is 2.32. The summed E-state index contributed by atoms with van der Waals surface area (Å²) >= 11 is 19.4. The van der Waals surface area contributed by atoms with Gasteiger partial charge < -0.3 is 0 Å². The molecule has 1 heterocycles. The third kappa shape index (κ3) is 3.67. The number of hydrogen-bond donors (Lipinski definition) is 1. The molecule has 0 atom stereocenters. The summed E-state index contributed by atoms with van der Waals surface area (Å²) in [6.07, 6.45) is 0. The quantitative estimate of drug-likeness (QED) is 0.600. The SMILES string of the molecule is O=C(Nc1nc(-c2ccc(Cl)cc2Cl)cs1)c1ccccc1Cl. The predicted octanol–water partition coefficient (Wildman–Crippen LogP) is 6.02. The van der Waals surface area contributed by atoms with E-state index in [0.29, 0.717) is 31.5 Å². The summed E-state index contributed by atoms with van der Waals surface area (Å²) in [5.74, 6) is -0.307. The zero-order chi connectivity index (χ0) is 16.4. The van der Waals surface area contributed by atoms with E-state index in [9.17, 15) is 4.79 Å². The van der Waals surface area contributed by atoms with Gasteiger partial charge in [0.15, 0.2) is 5.13 Å². The normalized spacial score (nSPS) is 10.6. The van der Waals surface area contributed by atoms with Crippen LogP contribution < -0.4 is 5.32 Å². The molecular weight excluding hydrogens is 375 g/mol. The van der Waals surface area contributed by atoms with Gasteiger partial charge in [0.2, 0.25) is 0 Å². The molecule has 0 spiro atoms. The van der Waals surface area contributed by atoms with Crippen molar-refractivity contribution in [1.29, 1.82) is 0 Å². The lowest BCUT2D eigenvalue weighted by molar-refractivity contribution is 0.102. The summed E-state index contributed by atoms with van der Waals surface area (Å²) in [6, 6.07) is 12.0. The summed E-state index contributed by atoms with van der Waals surface area (Å²) in [5.41, 5.74) is 1.83. The number of carbonyl (C=O) groups excluding carboxylic acids is 1. The molecule has 0 saturated heterocycles. The zero-order valence-corrected chi connectivity index (χ0v) is 14.6. The van der Waals surface area contributed by atoms with Gasteiger partial charge in [-0.2, -0.15) is 0 Å². The molecule has 1 amide bonds. The van der Waals surface area contributed by atoms with Crippen molar-refractivity contribution < 1.29 is 4.79 Å². The van der Waals surface area contributed by atoms with E-state index in [0.717, 1.165) is 5.56 Å². The second kappa shape index (κ2) is 6.89. The van der Waals surface area contributed by atoms with Gasteiger partial charge in [0.1, 0.15) is 0 Å². The molecule has 2 aromatic carbocycles. The van der Waals surface area contributed by atoms with Gasteiger partial charge >= 0.3 is 0 Å². The van der Waals surface area contributed by atoms with Gasteiger partial charge in [0, 0.05) is 16.0 Å². The summed E-state index contributed by atoms with van der Waals surface area (Å²) in [5, 5.41) is 6.47. The Hall–Kier alpha value is -1.59. The molecule has 0 aliphatic carbocycles. The molecule has 0 aliphatic rings. The lowest BCUT2D eigenvalue weighted by atomic mass is 10.2. The number of nitrogens with zero attached hydrogens (tertiary/aromatic N) is 1. The van der Waals surface area contributed by atoms with Crippen LogP contribution in [0.2, 0.25) is 15.1 Å². The largest absolute Gasteiger partial charge is 0.298 e. The molecular formula is C16H9Cl3N2OS. The number of carbonyl (C=O) groups is 1. The van der Waals surface area contributed by atoms with Crippen molar-refractivity contribution in [3.8, 4) is 11.3 Å². The van der Waals surface area contributed by atoms with E-state index in [1.165, 1.54) is 11.3 Å². The van der Waals surface area contributed by atoms with Crippen LogP contribution in [0.1, 0.15) is 10.4 Å². The number of amides is 1. The monoisotopic (exact) mass is 382 g/mol. The number of aromatic nitrogens is 1. The zero-order valence-electron chi connectivity index (χ0n) is 11.5. The summed E-state index contributed by atoms with van der Waals surface area (Å²) in [7, 11) is 0. The minimum absolute atomic E-state index is 0.307. The van der Waals surface area contributed by atoms with Crippen LogP contribution >= 0.6 is 46.1 Å². The molecule has 116 valence electrons. The second-order valence-electron chi connectivity index (χ2n) is 4.60. The van der Waals surface area contributed by atoms with Crippen molar-refractivity contribution in [2.45, 2.75) is 0 Å². The van der Waals surface area contributed by atoms with Crippen molar-refractivity contribution in [2.24, 2.45) is 0 Å². The van der Waals surface area contributed by atoms with Gasteiger partial charge in [-0.15, -0.1) is 11.3 Å². The number of thiazole rings is 1. The fourth-order valence-corrected chi connectivity index (χ4v) is 3.39. The topological polar surface area (TPSA) is 42.0 Å². The minimum Gasteiger partial charge on any atom is -0.298 e. The molecule has 23 heavy (non-hydrogen) atoms. The minimum atomic E-state index is -0.307. The Labute approximate surface area is 151 Å². The maximum absolute atomic E-state index is 12.2. The first-order valence-corrected chi connectivity index (χ1v) is 8.53. The van der Waals surface area contributed by atoms with E-state index in [4.69, 9.17) is 34.8 Å².